The second-order valence-electron chi connectivity index (χ2n) is 4.47. The molecule has 0 atom stereocenters. The first kappa shape index (κ1) is 12.2. The molecule has 1 amide bonds. The zero-order chi connectivity index (χ0) is 14.1. The van der Waals surface area contributed by atoms with Crippen molar-refractivity contribution in [1.29, 1.82) is 0 Å². The summed E-state index contributed by atoms with van der Waals surface area (Å²) in [5.41, 5.74) is 1.49. The SMILES string of the molecule is Cn1c(C(=O)Nc2ncccc2O)cc2ccccc21. The van der Waals surface area contributed by atoms with E-state index in [-0.39, 0.29) is 17.5 Å². The van der Waals surface area contributed by atoms with Crippen LogP contribution in [0.25, 0.3) is 10.9 Å². The molecule has 0 aliphatic heterocycles. The summed E-state index contributed by atoms with van der Waals surface area (Å²) in [5.74, 6) is -0.208. The first-order valence-corrected chi connectivity index (χ1v) is 6.16. The molecule has 0 saturated heterocycles. The van der Waals surface area contributed by atoms with Crippen molar-refractivity contribution in [3.05, 3.63) is 54.4 Å². The van der Waals surface area contributed by atoms with Crippen molar-refractivity contribution in [2.75, 3.05) is 5.32 Å². The minimum absolute atomic E-state index is 0.0559. The topological polar surface area (TPSA) is 67.2 Å². The van der Waals surface area contributed by atoms with E-state index in [2.05, 4.69) is 10.3 Å². The van der Waals surface area contributed by atoms with Crippen LogP contribution in [-0.4, -0.2) is 20.6 Å². The highest BCUT2D eigenvalue weighted by Gasteiger charge is 2.14. The number of nitrogens with one attached hydrogen (secondary N) is 1. The molecule has 2 heterocycles. The number of anilines is 1. The van der Waals surface area contributed by atoms with Crippen molar-refractivity contribution in [3.63, 3.8) is 0 Å². The van der Waals surface area contributed by atoms with Crippen LogP contribution in [0.4, 0.5) is 5.82 Å². The minimum atomic E-state index is -0.308. The van der Waals surface area contributed by atoms with Gasteiger partial charge in [-0.15, -0.1) is 0 Å². The molecule has 0 saturated carbocycles. The Bertz CT molecular complexity index is 793. The Morgan fingerprint density at radius 2 is 2.05 bits per heavy atom. The van der Waals surface area contributed by atoms with Gasteiger partial charge >= 0.3 is 0 Å². The van der Waals surface area contributed by atoms with Crippen LogP contribution < -0.4 is 5.32 Å². The first-order chi connectivity index (χ1) is 9.66. The van der Waals surface area contributed by atoms with E-state index < -0.39 is 0 Å². The Labute approximate surface area is 115 Å². The Kier molecular flexibility index (Phi) is 2.87. The fraction of sp³-hybridized carbons (Fsp3) is 0.0667. The Hall–Kier alpha value is -2.82. The van der Waals surface area contributed by atoms with Crippen molar-refractivity contribution >= 4 is 22.6 Å². The summed E-state index contributed by atoms with van der Waals surface area (Å²) in [4.78, 5) is 16.2. The molecule has 3 rings (SSSR count). The predicted octanol–water partition coefficient (Wildman–Crippen LogP) is 2.53. The molecule has 0 aliphatic rings. The van der Waals surface area contributed by atoms with Crippen LogP contribution in [-0.2, 0) is 7.05 Å². The van der Waals surface area contributed by atoms with Crippen molar-refractivity contribution in [2.24, 2.45) is 7.05 Å². The van der Waals surface area contributed by atoms with Gasteiger partial charge in [-0.1, -0.05) is 18.2 Å². The molecule has 100 valence electrons. The number of pyridine rings is 1. The number of amides is 1. The van der Waals surface area contributed by atoms with E-state index in [4.69, 9.17) is 0 Å². The lowest BCUT2D eigenvalue weighted by molar-refractivity contribution is 0.101. The lowest BCUT2D eigenvalue weighted by atomic mass is 10.2. The molecule has 2 N–H and O–H groups in total. The third-order valence-corrected chi connectivity index (χ3v) is 3.20. The lowest BCUT2D eigenvalue weighted by Crippen LogP contribution is -2.16. The van der Waals surface area contributed by atoms with Crippen molar-refractivity contribution < 1.29 is 9.90 Å². The highest BCUT2D eigenvalue weighted by atomic mass is 16.3. The molecule has 2 aromatic heterocycles. The molecular weight excluding hydrogens is 254 g/mol. The first-order valence-electron chi connectivity index (χ1n) is 6.16. The van der Waals surface area contributed by atoms with Crippen molar-refractivity contribution in [3.8, 4) is 5.75 Å². The quantitative estimate of drug-likeness (QED) is 0.749. The van der Waals surface area contributed by atoms with Gasteiger partial charge in [0.05, 0.1) is 0 Å². The van der Waals surface area contributed by atoms with Gasteiger partial charge in [-0.3, -0.25) is 4.79 Å². The van der Waals surface area contributed by atoms with Crippen LogP contribution in [0.2, 0.25) is 0 Å². The number of benzene rings is 1. The van der Waals surface area contributed by atoms with Gasteiger partial charge in [-0.05, 0) is 24.3 Å². The highest BCUT2D eigenvalue weighted by molar-refractivity contribution is 6.06. The number of aromatic nitrogens is 2. The number of carbonyl (C=O) groups excluding carboxylic acids is 1. The maximum absolute atomic E-state index is 12.3. The van der Waals surface area contributed by atoms with E-state index in [1.807, 2.05) is 41.9 Å². The van der Waals surface area contributed by atoms with Gasteiger partial charge in [0.1, 0.15) is 5.69 Å². The summed E-state index contributed by atoms with van der Waals surface area (Å²) in [7, 11) is 1.83. The normalized spacial score (nSPS) is 10.7. The molecular formula is C15H13N3O2. The fourth-order valence-electron chi connectivity index (χ4n) is 2.17. The number of para-hydroxylation sites is 1. The molecule has 0 spiro atoms. The Balaban J connectivity index is 1.97. The molecule has 0 aliphatic carbocycles. The maximum Gasteiger partial charge on any atom is 0.273 e. The number of aryl methyl sites for hydroxylation is 1. The zero-order valence-electron chi connectivity index (χ0n) is 10.9. The van der Waals surface area contributed by atoms with E-state index >= 15 is 0 Å². The third kappa shape index (κ3) is 1.99. The monoisotopic (exact) mass is 267 g/mol. The summed E-state index contributed by atoms with van der Waals surface area (Å²) in [6.07, 6.45) is 1.51. The van der Waals surface area contributed by atoms with Crippen LogP contribution >= 0.6 is 0 Å². The summed E-state index contributed by atoms with van der Waals surface area (Å²) in [5, 5.41) is 13.2. The van der Waals surface area contributed by atoms with E-state index in [0.29, 0.717) is 5.69 Å². The summed E-state index contributed by atoms with van der Waals surface area (Å²) in [6, 6.07) is 12.6. The minimum Gasteiger partial charge on any atom is -0.504 e. The van der Waals surface area contributed by atoms with Crippen LogP contribution in [0.15, 0.2) is 48.7 Å². The van der Waals surface area contributed by atoms with Gasteiger partial charge < -0.3 is 15.0 Å². The number of hydrogen-bond donors (Lipinski definition) is 2. The molecule has 3 aromatic rings. The van der Waals surface area contributed by atoms with Gasteiger partial charge in [0.25, 0.3) is 5.91 Å². The number of aromatic hydroxyl groups is 1. The molecule has 0 bridgehead atoms. The number of rotatable bonds is 2. The second-order valence-corrected chi connectivity index (χ2v) is 4.47. The van der Waals surface area contributed by atoms with Gasteiger partial charge in [-0.25, -0.2) is 4.98 Å². The number of carbonyl (C=O) groups is 1. The van der Waals surface area contributed by atoms with Crippen LogP contribution in [0.1, 0.15) is 10.5 Å². The number of fused-ring (bicyclic) bond motifs is 1. The van der Waals surface area contributed by atoms with Gasteiger partial charge in [-0.2, -0.15) is 0 Å². The predicted molar refractivity (Wildman–Crippen MR) is 76.8 cm³/mol. The van der Waals surface area contributed by atoms with Crippen molar-refractivity contribution in [2.45, 2.75) is 0 Å². The molecule has 0 fully saturated rings. The summed E-state index contributed by atoms with van der Waals surface area (Å²) in [6.45, 7) is 0. The summed E-state index contributed by atoms with van der Waals surface area (Å²) < 4.78 is 1.81. The second kappa shape index (κ2) is 4.70. The van der Waals surface area contributed by atoms with Gasteiger partial charge in [0.15, 0.2) is 11.6 Å². The molecule has 0 radical (unpaired) electrons. The molecule has 1 aromatic carbocycles. The average Bonchev–Trinajstić information content (AvgIpc) is 2.79. The molecule has 5 nitrogen and oxygen atoms in total. The van der Waals surface area contributed by atoms with E-state index in [0.717, 1.165) is 10.9 Å². The van der Waals surface area contributed by atoms with E-state index in [9.17, 15) is 9.90 Å². The summed E-state index contributed by atoms with van der Waals surface area (Å²) >= 11 is 0. The fourth-order valence-corrected chi connectivity index (χ4v) is 2.17. The Morgan fingerprint density at radius 3 is 2.80 bits per heavy atom. The average molecular weight is 267 g/mol. The van der Waals surface area contributed by atoms with Gasteiger partial charge in [0.2, 0.25) is 0 Å². The van der Waals surface area contributed by atoms with Crippen LogP contribution in [0.3, 0.4) is 0 Å². The number of hydrogen-bond acceptors (Lipinski definition) is 3. The smallest absolute Gasteiger partial charge is 0.273 e. The third-order valence-electron chi connectivity index (χ3n) is 3.20. The van der Waals surface area contributed by atoms with E-state index in [1.165, 1.54) is 12.3 Å². The van der Waals surface area contributed by atoms with Gasteiger partial charge in [0, 0.05) is 24.1 Å². The van der Waals surface area contributed by atoms with Crippen molar-refractivity contribution in [1.82, 2.24) is 9.55 Å². The largest absolute Gasteiger partial charge is 0.504 e. The molecule has 5 heteroatoms. The number of nitrogens with zero attached hydrogens (tertiary/aromatic N) is 2. The molecule has 20 heavy (non-hydrogen) atoms. The van der Waals surface area contributed by atoms with Crippen LogP contribution in [0.5, 0.6) is 5.75 Å². The maximum atomic E-state index is 12.3. The lowest BCUT2D eigenvalue weighted by Gasteiger charge is -2.06. The zero-order valence-corrected chi connectivity index (χ0v) is 10.9. The molecule has 0 unspecified atom stereocenters. The highest BCUT2D eigenvalue weighted by Crippen LogP contribution is 2.22. The van der Waals surface area contributed by atoms with Crippen LogP contribution in [0, 0.1) is 0 Å². The Morgan fingerprint density at radius 1 is 1.25 bits per heavy atom. The standard InChI is InChI=1S/C15H13N3O2/c1-18-11-6-3-2-5-10(11)9-12(18)15(20)17-14-13(19)7-4-8-16-14/h2-9,19H,1H3,(H,16,17,20). The van der Waals surface area contributed by atoms with E-state index in [1.54, 1.807) is 6.07 Å².